The van der Waals surface area contributed by atoms with Gasteiger partial charge in [-0.05, 0) is 54.5 Å². The molecule has 38 heavy (non-hydrogen) atoms. The summed E-state index contributed by atoms with van der Waals surface area (Å²) in [7, 11) is 0. The minimum absolute atomic E-state index is 0.0208. The second-order valence-corrected chi connectivity index (χ2v) is 10.2. The van der Waals surface area contributed by atoms with Gasteiger partial charge in [0.05, 0.1) is 11.8 Å². The van der Waals surface area contributed by atoms with E-state index in [4.69, 9.17) is 10.2 Å². The summed E-state index contributed by atoms with van der Waals surface area (Å²) in [6, 6.07) is 5.68. The van der Waals surface area contributed by atoms with E-state index in [1.165, 1.54) is 24.5 Å². The maximum atomic E-state index is 13.8. The van der Waals surface area contributed by atoms with Crippen molar-refractivity contribution < 1.29 is 44.0 Å². The minimum atomic E-state index is -2.68. The normalized spacial score (nSPS) is 26.7. The Morgan fingerprint density at radius 1 is 1.16 bits per heavy atom. The Kier molecular flexibility index (Phi) is 5.71. The quantitative estimate of drug-likeness (QED) is 0.257. The molecule has 2 amide bonds. The summed E-state index contributed by atoms with van der Waals surface area (Å²) in [5.41, 5.74) is 2.05. The number of rotatable bonds is 4. The smallest absolute Gasteiger partial charge is 0.291 e. The van der Waals surface area contributed by atoms with E-state index in [1.54, 1.807) is 19.9 Å². The van der Waals surface area contributed by atoms with Gasteiger partial charge < -0.3 is 35.9 Å². The van der Waals surface area contributed by atoms with Crippen molar-refractivity contribution in [1.82, 2.24) is 0 Å². The standard InChI is InChI=1S/C27H26N2O9/c1-10(2)17-13-9-11-8-12-14(29-26(36)16-4-3-7-38-16)5-6-15(30)19(12)22(32)18(11)23(33)27(13,37)24(34)20(21(17)31)25(28)35/h3-7,10-11,13,17,30,32,34,37H,8-9H2,1-2H3,(H2,28,35)(H,29,36)/t11-,13-,17-,27-/m0/s1. The third-order valence-corrected chi connectivity index (χ3v) is 7.85. The Hall–Kier alpha value is -4.38. The third-order valence-electron chi connectivity index (χ3n) is 7.85. The predicted octanol–water partition coefficient (Wildman–Crippen LogP) is 2.15. The second kappa shape index (κ2) is 8.59. The fourth-order valence-electron chi connectivity index (χ4n) is 6.19. The van der Waals surface area contributed by atoms with Crippen molar-refractivity contribution in [2.24, 2.45) is 29.4 Å². The van der Waals surface area contributed by atoms with Crippen molar-refractivity contribution in [3.8, 4) is 5.75 Å². The van der Waals surface area contributed by atoms with Crippen LogP contribution in [0.1, 0.15) is 41.9 Å². The maximum Gasteiger partial charge on any atom is 0.291 e. The number of nitrogens with two attached hydrogens (primary N) is 1. The van der Waals surface area contributed by atoms with Gasteiger partial charge in [0.1, 0.15) is 22.8 Å². The molecule has 3 aliphatic carbocycles. The third kappa shape index (κ3) is 3.38. The van der Waals surface area contributed by atoms with Crippen molar-refractivity contribution in [2.45, 2.75) is 32.3 Å². The topological polar surface area (TPSA) is 200 Å². The summed E-state index contributed by atoms with van der Waals surface area (Å²) in [6.07, 6.45) is 1.37. The molecule has 0 saturated heterocycles. The maximum absolute atomic E-state index is 13.8. The van der Waals surface area contributed by atoms with Gasteiger partial charge in [-0.1, -0.05) is 13.8 Å². The lowest BCUT2D eigenvalue weighted by molar-refractivity contribution is -0.155. The highest BCUT2D eigenvalue weighted by Gasteiger charge is 2.64. The summed E-state index contributed by atoms with van der Waals surface area (Å²) >= 11 is 0. The number of hydrogen-bond donors (Lipinski definition) is 6. The first-order chi connectivity index (χ1) is 17.9. The molecule has 0 aliphatic heterocycles. The Bertz CT molecular complexity index is 1470. The van der Waals surface area contributed by atoms with Gasteiger partial charge in [-0.3, -0.25) is 19.2 Å². The lowest BCUT2D eigenvalue weighted by Gasteiger charge is -2.50. The molecule has 7 N–H and O–H groups in total. The molecule has 0 spiro atoms. The summed E-state index contributed by atoms with van der Waals surface area (Å²) in [5, 5.41) is 47.0. The molecule has 11 heteroatoms. The number of aliphatic hydroxyl groups is 3. The Labute approximate surface area is 216 Å². The molecule has 3 aliphatic rings. The number of fused-ring (bicyclic) bond motifs is 3. The number of ketones is 2. The summed E-state index contributed by atoms with van der Waals surface area (Å²) < 4.78 is 5.12. The van der Waals surface area contributed by atoms with Crippen molar-refractivity contribution in [3.05, 3.63) is 64.3 Å². The van der Waals surface area contributed by atoms with Gasteiger partial charge in [0.15, 0.2) is 17.1 Å². The number of benzene rings is 1. The van der Waals surface area contributed by atoms with Crippen molar-refractivity contribution in [3.63, 3.8) is 0 Å². The first-order valence-corrected chi connectivity index (χ1v) is 12.1. The molecule has 1 heterocycles. The van der Waals surface area contributed by atoms with Crippen LogP contribution in [0.15, 0.2) is 51.9 Å². The van der Waals surface area contributed by atoms with Gasteiger partial charge in [0, 0.05) is 23.1 Å². The molecule has 11 nitrogen and oxygen atoms in total. The highest BCUT2D eigenvalue weighted by Crippen LogP contribution is 2.55. The zero-order valence-electron chi connectivity index (χ0n) is 20.5. The first kappa shape index (κ1) is 25.3. The van der Waals surface area contributed by atoms with E-state index in [1.807, 2.05) is 0 Å². The highest BCUT2D eigenvalue weighted by molar-refractivity contribution is 6.23. The molecule has 1 saturated carbocycles. The zero-order chi connectivity index (χ0) is 27.7. The number of Topliss-reactive ketones (excluding diaryl/α,β-unsaturated/α-hetero) is 2. The number of furan rings is 1. The molecule has 1 fully saturated rings. The fourth-order valence-corrected chi connectivity index (χ4v) is 6.19. The average Bonchev–Trinajstić information content (AvgIpc) is 3.38. The number of nitrogens with one attached hydrogen (secondary N) is 1. The van der Waals surface area contributed by atoms with Crippen molar-refractivity contribution in [1.29, 1.82) is 0 Å². The summed E-state index contributed by atoms with van der Waals surface area (Å²) in [4.78, 5) is 51.7. The number of aliphatic hydroxyl groups excluding tert-OH is 2. The van der Waals surface area contributed by atoms with Crippen LogP contribution in [0.4, 0.5) is 5.69 Å². The number of amides is 2. The molecule has 1 aromatic carbocycles. The van der Waals surface area contributed by atoms with Crippen LogP contribution < -0.4 is 11.1 Å². The molecule has 5 rings (SSSR count). The molecule has 2 aromatic rings. The Morgan fingerprint density at radius 3 is 2.47 bits per heavy atom. The Balaban J connectivity index is 1.66. The van der Waals surface area contributed by atoms with Crippen LogP contribution >= 0.6 is 0 Å². The highest BCUT2D eigenvalue weighted by atomic mass is 16.4. The van der Waals surface area contributed by atoms with Crippen LogP contribution in [0.5, 0.6) is 5.75 Å². The number of hydrogen-bond acceptors (Lipinski definition) is 9. The monoisotopic (exact) mass is 522 g/mol. The van der Waals surface area contributed by atoms with E-state index in [9.17, 15) is 39.6 Å². The number of carbonyl (C=O) groups excluding carboxylic acids is 4. The van der Waals surface area contributed by atoms with E-state index >= 15 is 0 Å². The van der Waals surface area contributed by atoms with Crippen LogP contribution in [0.2, 0.25) is 0 Å². The minimum Gasteiger partial charge on any atom is -0.508 e. The number of anilines is 1. The Morgan fingerprint density at radius 2 is 1.87 bits per heavy atom. The second-order valence-electron chi connectivity index (χ2n) is 10.2. The van der Waals surface area contributed by atoms with Crippen LogP contribution in [-0.2, 0) is 20.8 Å². The van der Waals surface area contributed by atoms with E-state index < -0.39 is 69.7 Å². The zero-order valence-corrected chi connectivity index (χ0v) is 20.5. The van der Waals surface area contributed by atoms with Crippen LogP contribution in [0.25, 0.3) is 5.76 Å². The van der Waals surface area contributed by atoms with E-state index in [2.05, 4.69) is 5.32 Å². The fraction of sp³-hybridized carbons (Fsp3) is 0.333. The average molecular weight is 523 g/mol. The number of aromatic hydroxyl groups is 1. The lowest BCUT2D eigenvalue weighted by Crippen LogP contribution is -2.62. The van der Waals surface area contributed by atoms with E-state index in [0.717, 1.165) is 0 Å². The summed E-state index contributed by atoms with van der Waals surface area (Å²) in [5.74, 6) is -9.10. The van der Waals surface area contributed by atoms with Crippen LogP contribution in [-0.4, -0.2) is 49.4 Å². The van der Waals surface area contributed by atoms with E-state index in [-0.39, 0.29) is 41.2 Å². The van der Waals surface area contributed by atoms with Gasteiger partial charge in [0.2, 0.25) is 5.78 Å². The van der Waals surface area contributed by atoms with Crippen LogP contribution in [0.3, 0.4) is 0 Å². The van der Waals surface area contributed by atoms with Crippen LogP contribution in [0, 0.1) is 23.7 Å². The van der Waals surface area contributed by atoms with Gasteiger partial charge in [-0.15, -0.1) is 0 Å². The van der Waals surface area contributed by atoms with E-state index in [0.29, 0.717) is 5.56 Å². The molecule has 0 radical (unpaired) electrons. The molecular weight excluding hydrogens is 496 g/mol. The molecule has 0 bridgehead atoms. The molecular formula is C27H26N2O9. The van der Waals surface area contributed by atoms with Gasteiger partial charge in [-0.25, -0.2) is 0 Å². The molecule has 0 unspecified atom stereocenters. The number of carbonyl (C=O) groups is 4. The molecule has 198 valence electrons. The number of primary amides is 1. The van der Waals surface area contributed by atoms with Gasteiger partial charge >= 0.3 is 0 Å². The van der Waals surface area contributed by atoms with Crippen molar-refractivity contribution >= 4 is 34.8 Å². The van der Waals surface area contributed by atoms with Gasteiger partial charge in [0.25, 0.3) is 11.8 Å². The largest absolute Gasteiger partial charge is 0.508 e. The number of phenolic OH excluding ortho intramolecular Hbond substituents is 1. The SMILES string of the molecule is CC(C)[C@@H]1C(=O)C(C(N)=O)=C(O)[C@@]2(O)C(=O)C3=C(O)c4c(O)ccc(NC(=O)c5ccco5)c4C[C@H]3C[C@@H]12. The first-order valence-electron chi connectivity index (χ1n) is 12.1. The molecule has 1 aromatic heterocycles. The predicted molar refractivity (Wildman–Crippen MR) is 132 cm³/mol. The molecule has 4 atom stereocenters. The van der Waals surface area contributed by atoms with Gasteiger partial charge in [-0.2, -0.15) is 0 Å². The van der Waals surface area contributed by atoms with Crippen molar-refractivity contribution in [2.75, 3.05) is 5.32 Å². The number of phenols is 1. The summed E-state index contributed by atoms with van der Waals surface area (Å²) in [6.45, 7) is 3.38. The lowest BCUT2D eigenvalue weighted by atomic mass is 9.54.